The van der Waals surface area contributed by atoms with E-state index in [4.69, 9.17) is 30.9 Å². The van der Waals surface area contributed by atoms with Crippen molar-refractivity contribution in [2.24, 2.45) is 5.73 Å². The fraction of sp³-hybridized carbons (Fsp3) is 0.138. The van der Waals surface area contributed by atoms with Gasteiger partial charge in [0, 0.05) is 11.1 Å². The quantitative estimate of drug-likeness (QED) is 0.218. The molecule has 0 bridgehead atoms. The summed E-state index contributed by atoms with van der Waals surface area (Å²) in [6.45, 7) is 3.90. The first kappa shape index (κ1) is 27.5. The van der Waals surface area contributed by atoms with E-state index in [1.807, 2.05) is 62.4 Å². The second-order valence-electron chi connectivity index (χ2n) is 8.54. The van der Waals surface area contributed by atoms with Crippen molar-refractivity contribution in [1.82, 2.24) is 9.97 Å². The predicted molar refractivity (Wildman–Crippen MR) is 142 cm³/mol. The summed E-state index contributed by atoms with van der Waals surface area (Å²) in [5.74, 6) is -2.28. The third-order valence-corrected chi connectivity index (χ3v) is 5.79. The van der Waals surface area contributed by atoms with Gasteiger partial charge in [0.25, 0.3) is 5.91 Å². The Morgan fingerprint density at radius 3 is 1.85 bits per heavy atom. The molecular formula is C29H24ClF2N3O4. The molecular weight excluding hydrogens is 528 g/mol. The maximum atomic E-state index is 14.1. The van der Waals surface area contributed by atoms with Gasteiger partial charge < -0.3 is 19.3 Å². The highest BCUT2D eigenvalue weighted by molar-refractivity contribution is 6.16. The third kappa shape index (κ3) is 6.88. The highest BCUT2D eigenvalue weighted by Gasteiger charge is 2.19. The van der Waals surface area contributed by atoms with Crippen molar-refractivity contribution in [2.45, 2.75) is 26.3 Å². The number of ether oxygens (including phenoxy) is 1. The van der Waals surface area contributed by atoms with Gasteiger partial charge in [-0.05, 0) is 50.2 Å². The highest BCUT2D eigenvalue weighted by Crippen LogP contribution is 2.25. The molecule has 0 aliphatic carbocycles. The van der Waals surface area contributed by atoms with Gasteiger partial charge in [-0.15, -0.1) is 11.6 Å². The van der Waals surface area contributed by atoms with Crippen LogP contribution in [0.2, 0.25) is 0 Å². The molecule has 7 nitrogen and oxygen atoms in total. The maximum Gasteiger partial charge on any atom is 0.254 e. The Labute approximate surface area is 228 Å². The van der Waals surface area contributed by atoms with E-state index < -0.39 is 23.1 Å². The molecule has 3 aromatic carbocycles. The monoisotopic (exact) mass is 551 g/mol. The minimum atomic E-state index is -1.21. The zero-order valence-electron chi connectivity index (χ0n) is 21.1. The molecule has 39 heavy (non-hydrogen) atoms. The van der Waals surface area contributed by atoms with Crippen LogP contribution in [0.3, 0.4) is 0 Å². The summed E-state index contributed by atoms with van der Waals surface area (Å²) in [5, 5.41) is 0. The van der Waals surface area contributed by atoms with E-state index in [0.717, 1.165) is 34.5 Å². The number of oxazole rings is 2. The molecule has 2 heterocycles. The normalized spacial score (nSPS) is 10.6. The van der Waals surface area contributed by atoms with E-state index >= 15 is 0 Å². The Kier molecular flexibility index (Phi) is 8.73. The summed E-state index contributed by atoms with van der Waals surface area (Å²) in [7, 11) is 0. The topological polar surface area (TPSA) is 104 Å². The lowest BCUT2D eigenvalue weighted by Gasteiger charge is -2.08. The van der Waals surface area contributed by atoms with Crippen LogP contribution in [0.25, 0.3) is 22.9 Å². The van der Waals surface area contributed by atoms with Gasteiger partial charge in [-0.2, -0.15) is 0 Å². The number of nitrogens with zero attached hydrogens (tertiary/aromatic N) is 2. The minimum absolute atomic E-state index is 0.115. The van der Waals surface area contributed by atoms with Crippen molar-refractivity contribution in [1.29, 1.82) is 0 Å². The third-order valence-electron chi connectivity index (χ3n) is 5.52. The van der Waals surface area contributed by atoms with E-state index in [1.54, 1.807) is 6.26 Å². The number of nitrogens with two attached hydrogens (primary N) is 1. The molecule has 2 N–H and O–H groups in total. The van der Waals surface area contributed by atoms with Crippen LogP contribution in [-0.4, -0.2) is 15.9 Å². The lowest BCUT2D eigenvalue weighted by molar-refractivity contribution is 0.0991. The van der Waals surface area contributed by atoms with Gasteiger partial charge in [-0.25, -0.2) is 18.7 Å². The number of hydrogen-bond acceptors (Lipinski definition) is 6. The number of hydrogen-bond donors (Lipinski definition) is 1. The van der Waals surface area contributed by atoms with Crippen molar-refractivity contribution in [3.63, 3.8) is 0 Å². The van der Waals surface area contributed by atoms with Gasteiger partial charge in [-0.3, -0.25) is 4.79 Å². The molecule has 5 aromatic rings. The molecule has 0 atom stereocenters. The number of amides is 1. The van der Waals surface area contributed by atoms with Crippen molar-refractivity contribution < 1.29 is 27.1 Å². The van der Waals surface area contributed by atoms with Gasteiger partial charge in [0.2, 0.25) is 11.8 Å². The minimum Gasteiger partial charge on any atom is -0.484 e. The first-order chi connectivity index (χ1) is 18.7. The maximum absolute atomic E-state index is 14.1. The highest BCUT2D eigenvalue weighted by atomic mass is 35.5. The number of aromatic nitrogens is 2. The number of halogens is 3. The number of carbonyl (C=O) groups excluding carboxylic acids is 1. The molecule has 200 valence electrons. The summed E-state index contributed by atoms with van der Waals surface area (Å²) in [6, 6.07) is 17.6. The average molecular weight is 552 g/mol. The predicted octanol–water partition coefficient (Wildman–Crippen LogP) is 6.99. The molecule has 0 radical (unpaired) electrons. The van der Waals surface area contributed by atoms with E-state index in [2.05, 4.69) is 9.97 Å². The van der Waals surface area contributed by atoms with Crippen LogP contribution in [0.1, 0.15) is 32.9 Å². The number of rotatable bonds is 7. The van der Waals surface area contributed by atoms with Crippen molar-refractivity contribution >= 4 is 17.5 Å². The molecule has 0 unspecified atom stereocenters. The Morgan fingerprint density at radius 1 is 0.846 bits per heavy atom. The van der Waals surface area contributed by atoms with Crippen LogP contribution in [0.5, 0.6) is 5.75 Å². The lowest BCUT2D eigenvalue weighted by Crippen LogP contribution is -2.16. The van der Waals surface area contributed by atoms with Gasteiger partial charge in [0.1, 0.15) is 36.2 Å². The SMILES string of the molecule is Cc1ccc(-c2nc(CCl)co2)cc1.Cc1ccc(-c2nc(COc3ccc(F)c(C(N)=O)c3F)co2)cc1. The van der Waals surface area contributed by atoms with Crippen molar-refractivity contribution in [3.8, 4) is 28.7 Å². The Hall–Kier alpha value is -4.50. The van der Waals surface area contributed by atoms with Crippen LogP contribution in [0.15, 0.2) is 82.0 Å². The smallest absolute Gasteiger partial charge is 0.254 e. The van der Waals surface area contributed by atoms with Gasteiger partial charge in [0.15, 0.2) is 11.6 Å². The van der Waals surface area contributed by atoms with Gasteiger partial charge in [-0.1, -0.05) is 35.4 Å². The standard InChI is InChI=1S/C18H14F2N2O3.C11H10ClNO/c1-10-2-4-11(5-3-10)18-22-12(9-25-18)8-24-14-7-6-13(19)15(16(14)20)17(21)23;1-8-2-4-9(5-3-8)11-13-10(6-12)7-14-11/h2-7,9H,8H2,1H3,(H2,21,23);2-5,7H,6H2,1H3. The van der Waals surface area contributed by atoms with E-state index in [1.165, 1.54) is 11.8 Å². The Morgan fingerprint density at radius 2 is 1.36 bits per heavy atom. The molecule has 0 saturated heterocycles. The van der Waals surface area contributed by atoms with Crippen LogP contribution in [0, 0.1) is 25.5 Å². The number of benzene rings is 3. The fourth-order valence-electron chi connectivity index (χ4n) is 3.42. The molecule has 0 saturated carbocycles. The van der Waals surface area contributed by atoms with E-state index in [9.17, 15) is 13.6 Å². The largest absolute Gasteiger partial charge is 0.484 e. The first-order valence-electron chi connectivity index (χ1n) is 11.7. The number of alkyl halides is 1. The zero-order chi connectivity index (χ0) is 27.9. The second kappa shape index (κ2) is 12.4. The van der Waals surface area contributed by atoms with E-state index in [0.29, 0.717) is 23.4 Å². The average Bonchev–Trinajstić information content (AvgIpc) is 3.60. The first-order valence-corrected chi connectivity index (χ1v) is 12.3. The van der Waals surface area contributed by atoms with Crippen LogP contribution in [0.4, 0.5) is 8.78 Å². The molecule has 1 amide bonds. The second-order valence-corrected chi connectivity index (χ2v) is 8.81. The fourth-order valence-corrected chi connectivity index (χ4v) is 3.54. The summed E-state index contributed by atoms with van der Waals surface area (Å²) in [5.41, 5.74) is 9.41. The van der Waals surface area contributed by atoms with E-state index in [-0.39, 0.29) is 12.4 Å². The molecule has 0 spiro atoms. The molecule has 5 rings (SSSR count). The zero-order valence-corrected chi connectivity index (χ0v) is 21.8. The molecule has 0 aliphatic heterocycles. The van der Waals surface area contributed by atoms with Crippen LogP contribution >= 0.6 is 11.6 Å². The number of carbonyl (C=O) groups is 1. The van der Waals surface area contributed by atoms with Crippen LogP contribution in [-0.2, 0) is 12.5 Å². The van der Waals surface area contributed by atoms with Crippen molar-refractivity contribution in [3.05, 3.63) is 113 Å². The van der Waals surface area contributed by atoms with Gasteiger partial charge >= 0.3 is 0 Å². The summed E-state index contributed by atoms with van der Waals surface area (Å²) in [4.78, 5) is 19.6. The Bertz CT molecular complexity index is 1560. The Balaban J connectivity index is 0.000000212. The molecule has 0 fully saturated rings. The van der Waals surface area contributed by atoms with Gasteiger partial charge in [0.05, 0.1) is 11.6 Å². The number of primary amides is 1. The molecule has 0 aliphatic rings. The van der Waals surface area contributed by atoms with Crippen molar-refractivity contribution in [2.75, 3.05) is 0 Å². The summed E-state index contributed by atoms with van der Waals surface area (Å²) < 4.78 is 43.4. The van der Waals surface area contributed by atoms with Crippen LogP contribution < -0.4 is 10.5 Å². The number of aryl methyl sites for hydroxylation is 2. The summed E-state index contributed by atoms with van der Waals surface area (Å²) >= 11 is 5.63. The summed E-state index contributed by atoms with van der Waals surface area (Å²) in [6.07, 6.45) is 2.97. The molecule has 10 heteroatoms. The lowest BCUT2D eigenvalue weighted by atomic mass is 10.1. The molecule has 2 aromatic heterocycles.